The normalized spacial score (nSPS) is 21.2. The van der Waals surface area contributed by atoms with E-state index in [1.165, 1.54) is 6.92 Å². The summed E-state index contributed by atoms with van der Waals surface area (Å²) >= 11 is 0. The van der Waals surface area contributed by atoms with E-state index in [1.807, 2.05) is 10.9 Å². The third-order valence-corrected chi connectivity index (χ3v) is 7.23. The molecule has 4 amide bonds. The molecule has 0 spiro atoms. The van der Waals surface area contributed by atoms with Crippen LogP contribution in [0.3, 0.4) is 0 Å². The van der Waals surface area contributed by atoms with Crippen molar-refractivity contribution in [2.24, 2.45) is 0 Å². The van der Waals surface area contributed by atoms with Crippen LogP contribution < -0.4 is 10.6 Å². The first-order valence-electron chi connectivity index (χ1n) is 12.5. The fourth-order valence-corrected chi connectivity index (χ4v) is 5.22. The Kier molecular flexibility index (Phi) is 6.55. The number of allylic oxidation sites excluding steroid dienone is 1. The Hall–Kier alpha value is -3.99. The van der Waals surface area contributed by atoms with E-state index in [0.29, 0.717) is 43.9 Å². The van der Waals surface area contributed by atoms with Gasteiger partial charge in [0.15, 0.2) is 0 Å². The number of aliphatic hydroxyl groups is 1. The fourth-order valence-electron chi connectivity index (χ4n) is 5.22. The summed E-state index contributed by atoms with van der Waals surface area (Å²) in [5.41, 5.74) is 2.56. The van der Waals surface area contributed by atoms with Gasteiger partial charge in [-0.05, 0) is 44.7 Å². The number of aromatic nitrogens is 2. The number of carbonyl (C=O) groups excluding carboxylic acids is 4. The van der Waals surface area contributed by atoms with Crippen molar-refractivity contribution in [1.29, 1.82) is 0 Å². The number of aliphatic hydroxyl groups excluding tert-OH is 1. The highest BCUT2D eigenvalue weighted by molar-refractivity contribution is 6.25. The number of nitrogens with zero attached hydrogens (tertiary/aromatic N) is 4. The molecule has 4 heterocycles. The topological polar surface area (TPSA) is 137 Å². The van der Waals surface area contributed by atoms with E-state index in [0.717, 1.165) is 23.3 Å². The summed E-state index contributed by atoms with van der Waals surface area (Å²) in [5, 5.41) is 19.9. The first-order chi connectivity index (χ1) is 17.7. The van der Waals surface area contributed by atoms with E-state index in [9.17, 15) is 24.3 Å². The maximum absolute atomic E-state index is 13.3. The van der Waals surface area contributed by atoms with Crippen LogP contribution >= 0.6 is 0 Å². The van der Waals surface area contributed by atoms with E-state index in [-0.39, 0.29) is 23.1 Å². The van der Waals surface area contributed by atoms with Gasteiger partial charge in [-0.2, -0.15) is 5.10 Å². The minimum absolute atomic E-state index is 0.151. The maximum Gasteiger partial charge on any atom is 0.264 e. The second-order valence-electron chi connectivity index (χ2n) is 9.77. The van der Waals surface area contributed by atoms with Gasteiger partial charge in [0.05, 0.1) is 23.4 Å². The predicted molar refractivity (Wildman–Crippen MR) is 133 cm³/mol. The van der Waals surface area contributed by atoms with Crippen LogP contribution in [0.25, 0.3) is 0 Å². The number of hydrogen-bond donors (Lipinski definition) is 3. The van der Waals surface area contributed by atoms with Crippen molar-refractivity contribution in [3.8, 4) is 0 Å². The highest BCUT2D eigenvalue weighted by atomic mass is 16.3. The zero-order valence-corrected chi connectivity index (χ0v) is 20.6. The van der Waals surface area contributed by atoms with Crippen molar-refractivity contribution in [3.63, 3.8) is 0 Å². The SMILES string of the molecule is C=C1CCC(N2C(=O)c3cccc(NCc4cnn(C5CCN(C(=O)[C@H](C)O)CC5)c4)c3C2=O)C(=O)N1. The summed E-state index contributed by atoms with van der Waals surface area (Å²) in [4.78, 5) is 53.6. The van der Waals surface area contributed by atoms with Crippen LogP contribution in [0.1, 0.15) is 64.9 Å². The van der Waals surface area contributed by atoms with Crippen molar-refractivity contribution in [2.45, 2.75) is 57.3 Å². The number of fused-ring (bicyclic) bond motifs is 1. The number of benzene rings is 1. The van der Waals surface area contributed by atoms with Crippen molar-refractivity contribution in [2.75, 3.05) is 18.4 Å². The number of carbonyl (C=O) groups is 4. The van der Waals surface area contributed by atoms with Gasteiger partial charge >= 0.3 is 0 Å². The molecule has 194 valence electrons. The standard InChI is InChI=1S/C26H30N6O5/c1-15-6-7-21(23(34)29-15)32-25(36)19-4-3-5-20(22(19)26(32)37)27-12-17-13-28-31(14-17)18-8-10-30(11-9-18)24(35)16(2)33/h3-5,13-14,16,18,21,27,33H,1,6-12H2,2H3,(H,29,34)/t16-,21?/m0/s1. The van der Waals surface area contributed by atoms with Crippen LogP contribution in [0.5, 0.6) is 0 Å². The Balaban J connectivity index is 1.24. The molecule has 2 saturated heterocycles. The molecule has 3 aliphatic heterocycles. The Labute approximate surface area is 214 Å². The van der Waals surface area contributed by atoms with Gasteiger partial charge in [-0.15, -0.1) is 0 Å². The van der Waals surface area contributed by atoms with Gasteiger partial charge < -0.3 is 20.6 Å². The zero-order chi connectivity index (χ0) is 26.3. The summed E-state index contributed by atoms with van der Waals surface area (Å²) in [6.45, 7) is 6.76. The number of rotatable bonds is 6. The van der Waals surface area contributed by atoms with E-state index >= 15 is 0 Å². The molecule has 11 nitrogen and oxygen atoms in total. The van der Waals surface area contributed by atoms with E-state index < -0.39 is 29.9 Å². The average molecular weight is 507 g/mol. The van der Waals surface area contributed by atoms with Crippen molar-refractivity contribution < 1.29 is 24.3 Å². The second-order valence-corrected chi connectivity index (χ2v) is 9.77. The molecule has 0 saturated carbocycles. The predicted octanol–water partition coefficient (Wildman–Crippen LogP) is 1.43. The second kappa shape index (κ2) is 9.81. The minimum atomic E-state index is -0.993. The molecule has 1 aromatic heterocycles. The third-order valence-electron chi connectivity index (χ3n) is 7.23. The van der Waals surface area contributed by atoms with Crippen LogP contribution in [0, 0.1) is 0 Å². The van der Waals surface area contributed by atoms with E-state index in [1.54, 1.807) is 29.3 Å². The fraction of sp³-hybridized carbons (Fsp3) is 0.423. The summed E-state index contributed by atoms with van der Waals surface area (Å²) in [7, 11) is 0. The van der Waals surface area contributed by atoms with Gasteiger partial charge in [-0.1, -0.05) is 12.6 Å². The summed E-state index contributed by atoms with van der Waals surface area (Å²) in [6.07, 6.45) is 5.04. The lowest BCUT2D eigenvalue weighted by Gasteiger charge is -2.32. The smallest absolute Gasteiger partial charge is 0.264 e. The lowest BCUT2D eigenvalue weighted by Crippen LogP contribution is -2.51. The Morgan fingerprint density at radius 3 is 2.68 bits per heavy atom. The Bertz CT molecular complexity index is 1280. The number of piperidine rings is 2. The highest BCUT2D eigenvalue weighted by Crippen LogP contribution is 2.33. The van der Waals surface area contributed by atoms with Gasteiger partial charge in [0, 0.05) is 42.8 Å². The molecular weight excluding hydrogens is 476 g/mol. The number of amides is 4. The molecule has 11 heteroatoms. The van der Waals surface area contributed by atoms with Crippen LogP contribution in [-0.2, 0) is 16.1 Å². The number of anilines is 1. The van der Waals surface area contributed by atoms with Gasteiger partial charge in [-0.25, -0.2) is 0 Å². The molecule has 1 aromatic carbocycles. The van der Waals surface area contributed by atoms with Crippen molar-refractivity contribution in [3.05, 3.63) is 59.6 Å². The van der Waals surface area contributed by atoms with Crippen LogP contribution in [0.2, 0.25) is 0 Å². The molecule has 0 radical (unpaired) electrons. The monoisotopic (exact) mass is 506 g/mol. The molecule has 0 aliphatic carbocycles. The quantitative estimate of drug-likeness (QED) is 0.504. The molecule has 2 atom stereocenters. The van der Waals surface area contributed by atoms with Gasteiger partial charge in [0.2, 0.25) is 5.91 Å². The van der Waals surface area contributed by atoms with Crippen molar-refractivity contribution in [1.82, 2.24) is 24.9 Å². The number of likely N-dealkylation sites (tertiary alicyclic amines) is 1. The van der Waals surface area contributed by atoms with Crippen molar-refractivity contribution >= 4 is 29.3 Å². The molecule has 3 aliphatic rings. The first kappa shape index (κ1) is 24.7. The van der Waals surface area contributed by atoms with E-state index in [2.05, 4.69) is 22.3 Å². The van der Waals surface area contributed by atoms with Crippen LogP contribution in [0.4, 0.5) is 5.69 Å². The maximum atomic E-state index is 13.3. The molecule has 5 rings (SSSR count). The summed E-state index contributed by atoms with van der Waals surface area (Å²) in [6, 6.07) is 4.36. The largest absolute Gasteiger partial charge is 0.384 e. The van der Waals surface area contributed by atoms with Gasteiger partial charge in [0.1, 0.15) is 12.1 Å². The Morgan fingerprint density at radius 2 is 1.97 bits per heavy atom. The van der Waals surface area contributed by atoms with Crippen LogP contribution in [0.15, 0.2) is 42.9 Å². The molecule has 3 N–H and O–H groups in total. The third kappa shape index (κ3) is 4.62. The van der Waals surface area contributed by atoms with E-state index in [4.69, 9.17) is 0 Å². The molecular formula is C26H30N6O5. The lowest BCUT2D eigenvalue weighted by atomic mass is 10.0. The Morgan fingerprint density at radius 1 is 1.22 bits per heavy atom. The lowest BCUT2D eigenvalue weighted by molar-refractivity contribution is -0.140. The number of nitrogens with one attached hydrogen (secondary N) is 2. The number of hydrogen-bond acceptors (Lipinski definition) is 7. The molecule has 1 unspecified atom stereocenters. The zero-order valence-electron chi connectivity index (χ0n) is 20.6. The van der Waals surface area contributed by atoms with Gasteiger partial charge in [-0.3, -0.25) is 28.8 Å². The van der Waals surface area contributed by atoms with Crippen LogP contribution in [-0.4, -0.2) is 73.6 Å². The molecule has 2 aromatic rings. The molecule has 2 fully saturated rings. The molecule has 0 bridgehead atoms. The summed E-state index contributed by atoms with van der Waals surface area (Å²) < 4.78 is 1.89. The summed E-state index contributed by atoms with van der Waals surface area (Å²) in [5.74, 6) is -1.59. The molecule has 37 heavy (non-hydrogen) atoms. The first-order valence-corrected chi connectivity index (χ1v) is 12.5. The minimum Gasteiger partial charge on any atom is -0.384 e. The van der Waals surface area contributed by atoms with Gasteiger partial charge in [0.25, 0.3) is 17.7 Å². The number of imide groups is 1. The highest BCUT2D eigenvalue weighted by Gasteiger charge is 2.45. The average Bonchev–Trinajstić information content (AvgIpc) is 3.46.